The van der Waals surface area contributed by atoms with Crippen molar-refractivity contribution >= 4 is 34.2 Å². The molecule has 1 aliphatic carbocycles. The minimum atomic E-state index is -0.413. The van der Waals surface area contributed by atoms with Gasteiger partial charge in [-0.05, 0) is 69.4 Å². The number of rotatable bonds is 3. The maximum absolute atomic E-state index is 13.9. The highest BCUT2D eigenvalue weighted by Crippen LogP contribution is 2.62. The lowest BCUT2D eigenvalue weighted by atomic mass is 9.79. The van der Waals surface area contributed by atoms with E-state index in [1.807, 2.05) is 22.6 Å². The minimum Gasteiger partial charge on any atom is -0.337 e. The van der Waals surface area contributed by atoms with Crippen molar-refractivity contribution < 1.29 is 19.2 Å². The van der Waals surface area contributed by atoms with Crippen LogP contribution in [0, 0.1) is 17.8 Å². The first kappa shape index (κ1) is 26.8. The van der Waals surface area contributed by atoms with Gasteiger partial charge in [-0.1, -0.05) is 45.2 Å². The predicted molar refractivity (Wildman–Crippen MR) is 148 cm³/mol. The number of hydrogen-bond acceptors (Lipinski definition) is 4. The molecule has 0 spiro atoms. The highest BCUT2D eigenvalue weighted by Gasteiger charge is 2.66. The van der Waals surface area contributed by atoms with E-state index < -0.39 is 6.04 Å². The van der Waals surface area contributed by atoms with Crippen molar-refractivity contribution in [1.29, 1.82) is 0 Å². The van der Waals surface area contributed by atoms with Gasteiger partial charge in [-0.15, -0.1) is 0 Å². The Labute approximate surface area is 226 Å². The molecule has 2 aromatic rings. The number of carbonyl (C=O) groups excluding carboxylic acids is 4. The number of nitrogens with zero attached hydrogens (tertiary/aromatic N) is 2. The summed E-state index contributed by atoms with van der Waals surface area (Å²) < 4.78 is 1.96. The van der Waals surface area contributed by atoms with Crippen LogP contribution in [0.25, 0.3) is 10.9 Å². The van der Waals surface area contributed by atoms with Gasteiger partial charge < -0.3 is 9.47 Å². The number of Topliss-reactive ketones (excluding diaryl/α,β-unsaturated/α-hetero) is 3. The van der Waals surface area contributed by atoms with E-state index >= 15 is 0 Å². The van der Waals surface area contributed by atoms with Crippen molar-refractivity contribution in [3.8, 4) is 0 Å². The van der Waals surface area contributed by atoms with Gasteiger partial charge in [0.2, 0.25) is 5.91 Å². The Morgan fingerprint density at radius 1 is 1.03 bits per heavy atom. The molecule has 0 radical (unpaired) electrons. The maximum atomic E-state index is 13.9. The highest BCUT2D eigenvalue weighted by atomic mass is 16.2. The van der Waals surface area contributed by atoms with E-state index in [1.54, 1.807) is 6.92 Å². The summed E-state index contributed by atoms with van der Waals surface area (Å²) in [5.74, 6) is 0.339. The standard InChI is InChI=1S/C32H42N2O4/c1-6-26(36)25-16-32-13-11-28(37)31(4,5)12-9-7-8-10-22-14-20(2)15-23-24(21(3)35)18-33(30(22)23)19-29(38)34(25)27(32)17-32/h14-15,18,25,27H,6-13,16-17,19H2,1-5H3/t25-,27+,32-/m0/s1. The fourth-order valence-electron chi connectivity index (χ4n) is 7.27. The van der Waals surface area contributed by atoms with E-state index in [9.17, 15) is 19.2 Å². The molecule has 204 valence electrons. The van der Waals surface area contributed by atoms with Gasteiger partial charge in [0.25, 0.3) is 0 Å². The van der Waals surface area contributed by atoms with Crippen molar-refractivity contribution in [2.24, 2.45) is 10.8 Å². The van der Waals surface area contributed by atoms with Crippen LogP contribution in [0.5, 0.6) is 0 Å². The van der Waals surface area contributed by atoms with E-state index in [0.717, 1.165) is 67.0 Å². The molecule has 1 aromatic heterocycles. The van der Waals surface area contributed by atoms with Gasteiger partial charge >= 0.3 is 0 Å². The van der Waals surface area contributed by atoms with Crippen LogP contribution in [0.3, 0.4) is 0 Å². The number of amides is 1. The Kier molecular flexibility index (Phi) is 6.90. The zero-order valence-corrected chi connectivity index (χ0v) is 23.7. The zero-order valence-electron chi connectivity index (χ0n) is 23.7. The Bertz CT molecular complexity index is 1320. The second kappa shape index (κ2) is 9.77. The average molecular weight is 519 g/mol. The van der Waals surface area contributed by atoms with Crippen LogP contribution in [0.15, 0.2) is 18.3 Å². The lowest BCUT2D eigenvalue weighted by Gasteiger charge is -2.27. The third-order valence-corrected chi connectivity index (χ3v) is 9.66. The van der Waals surface area contributed by atoms with Crippen molar-refractivity contribution in [1.82, 2.24) is 9.47 Å². The van der Waals surface area contributed by atoms with Crippen LogP contribution in [-0.4, -0.2) is 44.8 Å². The molecule has 0 unspecified atom stereocenters. The van der Waals surface area contributed by atoms with Crippen molar-refractivity contribution in [2.75, 3.05) is 0 Å². The fourth-order valence-corrected chi connectivity index (χ4v) is 7.27. The van der Waals surface area contributed by atoms with Gasteiger partial charge in [-0.25, -0.2) is 0 Å². The van der Waals surface area contributed by atoms with Crippen LogP contribution in [0.2, 0.25) is 0 Å². The topological polar surface area (TPSA) is 76.5 Å². The summed E-state index contributed by atoms with van der Waals surface area (Å²) in [6, 6.07) is 3.85. The zero-order chi connectivity index (χ0) is 27.4. The molecule has 2 bridgehead atoms. The number of aromatic nitrogens is 1. The van der Waals surface area contributed by atoms with Crippen molar-refractivity contribution in [3.63, 3.8) is 0 Å². The molecule has 2 aliphatic heterocycles. The van der Waals surface area contributed by atoms with Crippen molar-refractivity contribution in [2.45, 2.75) is 117 Å². The number of piperidine rings is 1. The van der Waals surface area contributed by atoms with Gasteiger partial charge in [-0.3, -0.25) is 19.2 Å². The second-order valence-electron chi connectivity index (χ2n) is 12.8. The van der Waals surface area contributed by atoms with Crippen LogP contribution in [0.1, 0.15) is 107 Å². The molecular weight excluding hydrogens is 476 g/mol. The minimum absolute atomic E-state index is 0.00629. The highest BCUT2D eigenvalue weighted by molar-refractivity contribution is 6.08. The number of ketones is 3. The molecule has 1 saturated carbocycles. The first-order valence-corrected chi connectivity index (χ1v) is 14.5. The first-order valence-electron chi connectivity index (χ1n) is 14.5. The lowest BCUT2D eigenvalue weighted by molar-refractivity contribution is -0.139. The van der Waals surface area contributed by atoms with Gasteiger partial charge in [0.15, 0.2) is 11.6 Å². The Morgan fingerprint density at radius 2 is 1.79 bits per heavy atom. The summed E-state index contributed by atoms with van der Waals surface area (Å²) in [5.41, 5.74) is 3.40. The molecule has 1 amide bonds. The largest absolute Gasteiger partial charge is 0.337 e. The normalized spacial score (nSPS) is 27.8. The van der Waals surface area contributed by atoms with Gasteiger partial charge in [-0.2, -0.15) is 0 Å². The van der Waals surface area contributed by atoms with Crippen LogP contribution in [-0.2, 0) is 27.3 Å². The summed E-state index contributed by atoms with van der Waals surface area (Å²) in [6.07, 6.45) is 9.80. The third-order valence-electron chi connectivity index (χ3n) is 9.66. The van der Waals surface area contributed by atoms with Gasteiger partial charge in [0, 0.05) is 41.4 Å². The molecule has 6 nitrogen and oxygen atoms in total. The molecular formula is C32H42N2O4. The monoisotopic (exact) mass is 518 g/mol. The van der Waals surface area contributed by atoms with Gasteiger partial charge in [0.1, 0.15) is 12.3 Å². The number of aryl methyl sites for hydroxylation is 2. The Hall–Kier alpha value is -2.76. The average Bonchev–Trinajstić information content (AvgIpc) is 3.27. The summed E-state index contributed by atoms with van der Waals surface area (Å²) >= 11 is 0. The molecule has 38 heavy (non-hydrogen) atoms. The fraction of sp³-hybridized carbons (Fsp3) is 0.625. The van der Waals surface area contributed by atoms with Crippen LogP contribution >= 0.6 is 0 Å². The van der Waals surface area contributed by atoms with Gasteiger partial charge in [0.05, 0.1) is 11.6 Å². The molecule has 5 rings (SSSR count). The van der Waals surface area contributed by atoms with E-state index in [4.69, 9.17) is 0 Å². The molecule has 3 atom stereocenters. The summed E-state index contributed by atoms with van der Waals surface area (Å²) in [5, 5.41) is 0.910. The lowest BCUT2D eigenvalue weighted by Crippen LogP contribution is -2.44. The van der Waals surface area contributed by atoms with Crippen LogP contribution in [0.4, 0.5) is 0 Å². The molecule has 3 aliphatic rings. The summed E-state index contributed by atoms with van der Waals surface area (Å²) in [7, 11) is 0. The predicted octanol–water partition coefficient (Wildman–Crippen LogP) is 5.98. The number of hydrogen-bond donors (Lipinski definition) is 0. The molecule has 3 heterocycles. The quantitative estimate of drug-likeness (QED) is 0.468. The third kappa shape index (κ3) is 4.65. The van der Waals surface area contributed by atoms with E-state index in [2.05, 4.69) is 32.9 Å². The van der Waals surface area contributed by atoms with Crippen molar-refractivity contribution in [3.05, 3.63) is 35.0 Å². The smallest absolute Gasteiger partial charge is 0.243 e. The van der Waals surface area contributed by atoms with Crippen LogP contribution < -0.4 is 0 Å². The molecule has 0 N–H and O–H groups in total. The van der Waals surface area contributed by atoms with E-state index in [0.29, 0.717) is 30.6 Å². The maximum Gasteiger partial charge on any atom is 0.243 e. The SMILES string of the molecule is CCC(=O)[C@@H]1C[C@]23CCC(=O)C(C)(C)CCCCCc4cc(C)cc5c(C(C)=O)cn(c45)CC(=O)N1[C@@H]2C3. The number of carbonyl (C=O) groups is 4. The Morgan fingerprint density at radius 3 is 2.50 bits per heavy atom. The molecule has 1 saturated heterocycles. The molecule has 2 fully saturated rings. The summed E-state index contributed by atoms with van der Waals surface area (Å²) in [6.45, 7) is 9.75. The Balaban J connectivity index is 1.57. The molecule has 6 heteroatoms. The van der Waals surface area contributed by atoms with E-state index in [1.165, 1.54) is 0 Å². The van der Waals surface area contributed by atoms with E-state index in [-0.39, 0.29) is 40.9 Å². The molecule has 1 aromatic carbocycles. The first-order chi connectivity index (χ1) is 18.0. The second-order valence-corrected chi connectivity index (χ2v) is 12.8. The number of benzene rings is 1. The summed E-state index contributed by atoms with van der Waals surface area (Å²) in [4.78, 5) is 54.7.